The van der Waals surface area contributed by atoms with Crippen molar-refractivity contribution < 1.29 is 18.0 Å². The van der Waals surface area contributed by atoms with Crippen LogP contribution in [0.3, 0.4) is 0 Å². The van der Waals surface area contributed by atoms with Crippen molar-refractivity contribution in [3.8, 4) is 0 Å². The molecule has 1 fully saturated rings. The maximum Gasteiger partial charge on any atom is 0.253 e. The molecule has 0 bridgehead atoms. The Morgan fingerprint density at radius 1 is 1.29 bits per heavy atom. The third-order valence-corrected chi connectivity index (χ3v) is 6.46. The Bertz CT molecular complexity index is 794. The van der Waals surface area contributed by atoms with Crippen LogP contribution in [0.15, 0.2) is 29.2 Å². The molecule has 2 N–H and O–H groups in total. The first-order chi connectivity index (χ1) is 13.3. The van der Waals surface area contributed by atoms with Crippen molar-refractivity contribution in [2.45, 2.75) is 57.4 Å². The number of piperidine rings is 1. The number of nitrogens with one attached hydrogen (secondary N) is 2. The predicted octanol–water partition coefficient (Wildman–Crippen LogP) is 2.14. The molecule has 1 aromatic rings. The molecular weight excluding hydrogens is 378 g/mol. The van der Waals surface area contributed by atoms with Gasteiger partial charge in [-0.05, 0) is 44.4 Å². The van der Waals surface area contributed by atoms with E-state index >= 15 is 0 Å². The van der Waals surface area contributed by atoms with Crippen LogP contribution in [-0.2, 0) is 14.8 Å². The van der Waals surface area contributed by atoms with Gasteiger partial charge in [0.2, 0.25) is 15.9 Å². The van der Waals surface area contributed by atoms with E-state index in [1.54, 1.807) is 24.0 Å². The Balaban J connectivity index is 2.09. The van der Waals surface area contributed by atoms with E-state index in [0.717, 1.165) is 25.7 Å². The summed E-state index contributed by atoms with van der Waals surface area (Å²) in [6.45, 7) is 6.97. The van der Waals surface area contributed by atoms with E-state index in [0.29, 0.717) is 18.7 Å². The van der Waals surface area contributed by atoms with Crippen LogP contribution in [0.4, 0.5) is 0 Å². The number of hydrogen-bond acceptors (Lipinski definition) is 4. The lowest BCUT2D eigenvalue weighted by Crippen LogP contribution is -2.47. The molecule has 1 aliphatic heterocycles. The van der Waals surface area contributed by atoms with E-state index in [1.807, 2.05) is 6.92 Å². The highest BCUT2D eigenvalue weighted by Gasteiger charge is 2.29. The fourth-order valence-corrected chi connectivity index (χ4v) is 4.58. The molecular formula is C20H31N3O4S. The summed E-state index contributed by atoms with van der Waals surface area (Å²) in [6.07, 6.45) is 3.43. The van der Waals surface area contributed by atoms with Gasteiger partial charge < -0.3 is 10.2 Å². The van der Waals surface area contributed by atoms with Gasteiger partial charge in [0.1, 0.15) is 0 Å². The molecule has 0 saturated carbocycles. The summed E-state index contributed by atoms with van der Waals surface area (Å²) >= 11 is 0. The number of carbonyl (C=O) groups is 2. The fourth-order valence-electron chi connectivity index (χ4n) is 3.49. The van der Waals surface area contributed by atoms with Crippen molar-refractivity contribution in [3.05, 3.63) is 29.8 Å². The van der Waals surface area contributed by atoms with Crippen LogP contribution in [0.2, 0.25) is 0 Å². The van der Waals surface area contributed by atoms with Crippen molar-refractivity contribution in [1.29, 1.82) is 0 Å². The molecule has 1 aromatic carbocycles. The Morgan fingerprint density at radius 3 is 2.71 bits per heavy atom. The van der Waals surface area contributed by atoms with E-state index in [9.17, 15) is 18.0 Å². The van der Waals surface area contributed by atoms with Crippen LogP contribution in [0, 0.1) is 5.92 Å². The summed E-state index contributed by atoms with van der Waals surface area (Å²) in [5.41, 5.74) is 0.319. The lowest BCUT2D eigenvalue weighted by atomic mass is 9.96. The SMILES string of the molecule is CCC[C@H](C)NC(=O)[C@@H]1CCCN(C(=O)c2cccc(S(=O)(=O)NCC)c2)C1. The van der Waals surface area contributed by atoms with Crippen LogP contribution >= 0.6 is 0 Å². The van der Waals surface area contributed by atoms with Crippen LogP contribution in [0.25, 0.3) is 0 Å². The van der Waals surface area contributed by atoms with Crippen molar-refractivity contribution in [1.82, 2.24) is 14.9 Å². The number of sulfonamides is 1. The third kappa shape index (κ3) is 5.78. The van der Waals surface area contributed by atoms with Crippen molar-refractivity contribution >= 4 is 21.8 Å². The quantitative estimate of drug-likeness (QED) is 0.688. The van der Waals surface area contributed by atoms with Crippen LogP contribution in [0.5, 0.6) is 0 Å². The first-order valence-electron chi connectivity index (χ1n) is 9.97. The van der Waals surface area contributed by atoms with Crippen LogP contribution in [-0.4, -0.2) is 50.8 Å². The number of amides is 2. The van der Waals surface area contributed by atoms with Crippen LogP contribution in [0.1, 0.15) is 56.8 Å². The zero-order chi connectivity index (χ0) is 20.7. The molecule has 156 valence electrons. The smallest absolute Gasteiger partial charge is 0.253 e. The van der Waals surface area contributed by atoms with E-state index in [-0.39, 0.29) is 35.2 Å². The van der Waals surface area contributed by atoms with Crippen molar-refractivity contribution in [2.24, 2.45) is 5.92 Å². The molecule has 2 amide bonds. The maximum absolute atomic E-state index is 12.9. The van der Waals surface area contributed by atoms with Gasteiger partial charge in [0.25, 0.3) is 5.91 Å². The predicted molar refractivity (Wildman–Crippen MR) is 108 cm³/mol. The second-order valence-electron chi connectivity index (χ2n) is 7.32. The minimum atomic E-state index is -3.63. The maximum atomic E-state index is 12.9. The van der Waals surface area contributed by atoms with Gasteiger partial charge in [-0.2, -0.15) is 0 Å². The van der Waals surface area contributed by atoms with Crippen molar-refractivity contribution in [2.75, 3.05) is 19.6 Å². The minimum absolute atomic E-state index is 0.0121. The molecule has 0 aromatic heterocycles. The lowest BCUT2D eigenvalue weighted by Gasteiger charge is -2.32. The van der Waals surface area contributed by atoms with Crippen LogP contribution < -0.4 is 10.0 Å². The highest BCUT2D eigenvalue weighted by Crippen LogP contribution is 2.20. The molecule has 1 saturated heterocycles. The molecule has 8 heteroatoms. The largest absolute Gasteiger partial charge is 0.353 e. The number of likely N-dealkylation sites (tertiary alicyclic amines) is 1. The minimum Gasteiger partial charge on any atom is -0.353 e. The number of hydrogen-bond donors (Lipinski definition) is 2. The molecule has 0 spiro atoms. The number of nitrogens with zero attached hydrogens (tertiary/aromatic N) is 1. The van der Waals surface area contributed by atoms with E-state index < -0.39 is 10.0 Å². The lowest BCUT2D eigenvalue weighted by molar-refractivity contribution is -0.127. The van der Waals surface area contributed by atoms with Gasteiger partial charge >= 0.3 is 0 Å². The summed E-state index contributed by atoms with van der Waals surface area (Å²) in [6, 6.07) is 6.17. The number of rotatable bonds is 8. The molecule has 28 heavy (non-hydrogen) atoms. The Labute approximate surface area is 167 Å². The average molecular weight is 410 g/mol. The monoisotopic (exact) mass is 409 g/mol. The summed E-state index contributed by atoms with van der Waals surface area (Å²) in [7, 11) is -3.63. The first-order valence-corrected chi connectivity index (χ1v) is 11.5. The average Bonchev–Trinajstić information content (AvgIpc) is 2.67. The van der Waals surface area contributed by atoms with Crippen molar-refractivity contribution in [3.63, 3.8) is 0 Å². The molecule has 0 radical (unpaired) electrons. The van der Waals surface area contributed by atoms with Gasteiger partial charge in [-0.25, -0.2) is 13.1 Å². The Morgan fingerprint density at radius 2 is 2.04 bits per heavy atom. The number of benzene rings is 1. The molecule has 0 unspecified atom stereocenters. The second-order valence-corrected chi connectivity index (χ2v) is 9.08. The Kier molecular flexibility index (Phi) is 8.00. The summed E-state index contributed by atoms with van der Waals surface area (Å²) in [5.74, 6) is -0.486. The summed E-state index contributed by atoms with van der Waals surface area (Å²) in [5, 5.41) is 3.03. The Hall–Kier alpha value is -1.93. The van der Waals surface area contributed by atoms with Gasteiger partial charge in [0.15, 0.2) is 0 Å². The molecule has 1 heterocycles. The standard InChI is InChI=1S/C20H31N3O4S/c1-4-8-15(3)22-19(24)17-10-7-12-23(14-17)20(25)16-9-6-11-18(13-16)28(26,27)21-5-2/h6,9,11,13,15,17,21H,4-5,7-8,10,12,14H2,1-3H3,(H,22,24)/t15-,17+/m0/s1. The number of carbonyl (C=O) groups excluding carboxylic acids is 2. The molecule has 0 aliphatic carbocycles. The van der Waals surface area contributed by atoms with Gasteiger partial charge in [-0.3, -0.25) is 9.59 Å². The van der Waals surface area contributed by atoms with Gasteiger partial charge in [-0.15, -0.1) is 0 Å². The summed E-state index contributed by atoms with van der Waals surface area (Å²) in [4.78, 5) is 27.1. The zero-order valence-corrected chi connectivity index (χ0v) is 17.7. The zero-order valence-electron chi connectivity index (χ0n) is 16.9. The molecule has 2 atom stereocenters. The van der Waals surface area contributed by atoms with E-state index in [2.05, 4.69) is 17.0 Å². The normalized spacial score (nSPS) is 18.5. The fraction of sp³-hybridized carbons (Fsp3) is 0.600. The third-order valence-electron chi connectivity index (χ3n) is 4.92. The molecule has 1 aliphatic rings. The van der Waals surface area contributed by atoms with Gasteiger partial charge in [-0.1, -0.05) is 26.3 Å². The van der Waals surface area contributed by atoms with Gasteiger partial charge in [0.05, 0.1) is 10.8 Å². The highest BCUT2D eigenvalue weighted by atomic mass is 32.2. The summed E-state index contributed by atoms with van der Waals surface area (Å²) < 4.78 is 26.8. The van der Waals surface area contributed by atoms with E-state index in [4.69, 9.17) is 0 Å². The van der Waals surface area contributed by atoms with E-state index in [1.165, 1.54) is 12.1 Å². The molecule has 2 rings (SSSR count). The van der Waals surface area contributed by atoms with Gasteiger partial charge in [0, 0.05) is 31.2 Å². The highest BCUT2D eigenvalue weighted by molar-refractivity contribution is 7.89. The molecule has 7 nitrogen and oxygen atoms in total. The topological polar surface area (TPSA) is 95.6 Å². The first kappa shape index (κ1) is 22.4. The second kappa shape index (κ2) is 10.0.